The smallest absolute Gasteiger partial charge is 0.233 e. The second-order valence-corrected chi connectivity index (χ2v) is 9.21. The van der Waals surface area contributed by atoms with Gasteiger partial charge in [0.2, 0.25) is 27.7 Å². The number of nitrogens with zero attached hydrogens (tertiary/aromatic N) is 5. The van der Waals surface area contributed by atoms with E-state index in [0.29, 0.717) is 43.9 Å². The molecule has 28 heavy (non-hydrogen) atoms. The normalized spacial score (nSPS) is 21.2. The second kappa shape index (κ2) is 8.39. The molecule has 3 rings (SSSR count). The third-order valence-electron chi connectivity index (χ3n) is 4.83. The van der Waals surface area contributed by atoms with Gasteiger partial charge in [-0.3, -0.25) is 14.5 Å². The largest absolute Gasteiger partial charge is 0.472 e. The zero-order chi connectivity index (χ0) is 20.3. The van der Waals surface area contributed by atoms with Crippen LogP contribution in [0, 0.1) is 0 Å². The van der Waals surface area contributed by atoms with Gasteiger partial charge in [0, 0.05) is 46.1 Å². The summed E-state index contributed by atoms with van der Waals surface area (Å²) in [5.41, 5.74) is 0. The van der Waals surface area contributed by atoms with Gasteiger partial charge in [-0.05, 0) is 18.9 Å². The van der Waals surface area contributed by atoms with Crippen molar-refractivity contribution < 1.29 is 22.7 Å². The van der Waals surface area contributed by atoms with Crippen molar-refractivity contribution in [2.75, 3.05) is 44.4 Å². The number of piperidine rings is 1. The topological polar surface area (TPSA) is 113 Å². The summed E-state index contributed by atoms with van der Waals surface area (Å²) in [4.78, 5) is 26.5. The lowest BCUT2D eigenvalue weighted by Gasteiger charge is -2.25. The standard InChI is InChI=1S/C17H25N5O5S/c1-20(2)14-6-7-15(19-18-14)27-13-8-9-21(12-13)28(25,26)11-10-22-16(23)4-3-5-17(22)24/h6-7,13H,3-5,8-12H2,1-2H3. The Bertz CT molecular complexity index is 811. The lowest BCUT2D eigenvalue weighted by atomic mass is 10.1. The van der Waals surface area contributed by atoms with E-state index in [1.807, 2.05) is 19.0 Å². The zero-order valence-corrected chi connectivity index (χ0v) is 16.9. The fourth-order valence-electron chi connectivity index (χ4n) is 3.22. The van der Waals surface area contributed by atoms with Crippen LogP contribution in [0.2, 0.25) is 0 Å². The minimum atomic E-state index is -3.58. The van der Waals surface area contributed by atoms with Gasteiger partial charge in [-0.2, -0.15) is 4.31 Å². The Hall–Kier alpha value is -2.27. The van der Waals surface area contributed by atoms with Crippen molar-refractivity contribution in [3.63, 3.8) is 0 Å². The maximum atomic E-state index is 12.6. The van der Waals surface area contributed by atoms with Crippen LogP contribution in [0.4, 0.5) is 5.82 Å². The molecule has 1 aromatic rings. The molecule has 1 aromatic heterocycles. The molecule has 11 heteroatoms. The minimum absolute atomic E-state index is 0.0977. The van der Waals surface area contributed by atoms with Gasteiger partial charge in [-0.1, -0.05) is 0 Å². The minimum Gasteiger partial charge on any atom is -0.472 e. The highest BCUT2D eigenvalue weighted by atomic mass is 32.2. The van der Waals surface area contributed by atoms with Gasteiger partial charge < -0.3 is 9.64 Å². The molecule has 0 bridgehead atoms. The van der Waals surface area contributed by atoms with Crippen LogP contribution in [-0.2, 0) is 19.6 Å². The van der Waals surface area contributed by atoms with Crippen LogP contribution >= 0.6 is 0 Å². The monoisotopic (exact) mass is 411 g/mol. The molecule has 2 saturated heterocycles. The average Bonchev–Trinajstić information content (AvgIpc) is 3.11. The molecule has 2 aliphatic rings. The predicted octanol–water partition coefficient (Wildman–Crippen LogP) is -0.135. The molecule has 0 aliphatic carbocycles. The Kier molecular flexibility index (Phi) is 6.14. The maximum Gasteiger partial charge on any atom is 0.233 e. The van der Waals surface area contributed by atoms with Crippen molar-refractivity contribution in [1.29, 1.82) is 0 Å². The molecule has 1 unspecified atom stereocenters. The molecule has 10 nitrogen and oxygen atoms in total. The van der Waals surface area contributed by atoms with Crippen LogP contribution in [0.15, 0.2) is 12.1 Å². The lowest BCUT2D eigenvalue weighted by Crippen LogP contribution is -2.44. The second-order valence-electron chi connectivity index (χ2n) is 7.12. The number of likely N-dealkylation sites (tertiary alicyclic amines) is 1. The number of anilines is 1. The van der Waals surface area contributed by atoms with Gasteiger partial charge in [0.25, 0.3) is 0 Å². The van der Waals surface area contributed by atoms with E-state index in [-0.39, 0.29) is 36.8 Å². The van der Waals surface area contributed by atoms with Crippen molar-refractivity contribution >= 4 is 27.7 Å². The highest BCUT2D eigenvalue weighted by Crippen LogP contribution is 2.20. The molecule has 0 aromatic carbocycles. The molecule has 0 saturated carbocycles. The Morgan fingerprint density at radius 1 is 1.18 bits per heavy atom. The fraction of sp³-hybridized carbons (Fsp3) is 0.647. The third kappa shape index (κ3) is 4.76. The fourth-order valence-corrected chi connectivity index (χ4v) is 4.67. The summed E-state index contributed by atoms with van der Waals surface area (Å²) in [5.74, 6) is 0.181. The van der Waals surface area contributed by atoms with Gasteiger partial charge in [0.1, 0.15) is 6.10 Å². The van der Waals surface area contributed by atoms with Crippen molar-refractivity contribution in [3.8, 4) is 5.88 Å². The molecule has 0 N–H and O–H groups in total. The highest BCUT2D eigenvalue weighted by Gasteiger charge is 2.34. The number of carbonyl (C=O) groups excluding carboxylic acids is 2. The van der Waals surface area contributed by atoms with Crippen molar-refractivity contribution in [2.45, 2.75) is 31.8 Å². The van der Waals surface area contributed by atoms with Gasteiger partial charge in [-0.25, -0.2) is 8.42 Å². The van der Waals surface area contributed by atoms with Crippen molar-refractivity contribution in [1.82, 2.24) is 19.4 Å². The molecule has 0 spiro atoms. The molecule has 3 heterocycles. The average molecular weight is 411 g/mol. The van der Waals surface area contributed by atoms with Crippen molar-refractivity contribution in [2.24, 2.45) is 0 Å². The molecule has 154 valence electrons. The first-order valence-electron chi connectivity index (χ1n) is 9.25. The SMILES string of the molecule is CN(C)c1ccc(OC2CCN(S(=O)(=O)CCN3C(=O)CCCC3=O)C2)nn1. The summed E-state index contributed by atoms with van der Waals surface area (Å²) in [6, 6.07) is 3.48. The van der Waals surface area contributed by atoms with E-state index < -0.39 is 10.0 Å². The molecule has 2 aliphatic heterocycles. The first kappa shape index (κ1) is 20.5. The predicted molar refractivity (Wildman–Crippen MR) is 101 cm³/mol. The summed E-state index contributed by atoms with van der Waals surface area (Å²) in [6.07, 6.45) is 1.34. The van der Waals surface area contributed by atoms with E-state index in [1.54, 1.807) is 12.1 Å². The summed E-state index contributed by atoms with van der Waals surface area (Å²) >= 11 is 0. The first-order valence-corrected chi connectivity index (χ1v) is 10.9. The number of ether oxygens (including phenoxy) is 1. The van der Waals surface area contributed by atoms with E-state index in [9.17, 15) is 18.0 Å². The number of carbonyl (C=O) groups is 2. The van der Waals surface area contributed by atoms with Crippen LogP contribution in [-0.4, -0.2) is 85.2 Å². The van der Waals surface area contributed by atoms with Crippen LogP contribution in [0.5, 0.6) is 5.88 Å². The van der Waals surface area contributed by atoms with Gasteiger partial charge in [0.05, 0.1) is 12.3 Å². The van der Waals surface area contributed by atoms with E-state index in [1.165, 1.54) is 4.31 Å². The summed E-state index contributed by atoms with van der Waals surface area (Å²) < 4.78 is 32.3. The molecular formula is C17H25N5O5S. The van der Waals surface area contributed by atoms with Crippen LogP contribution in [0.25, 0.3) is 0 Å². The summed E-state index contributed by atoms with van der Waals surface area (Å²) in [7, 11) is 0.128. The first-order chi connectivity index (χ1) is 13.3. The molecule has 2 fully saturated rings. The number of aromatic nitrogens is 2. The van der Waals surface area contributed by atoms with Crippen molar-refractivity contribution in [3.05, 3.63) is 12.1 Å². The van der Waals surface area contributed by atoms with E-state index in [0.717, 1.165) is 4.90 Å². The van der Waals surface area contributed by atoms with E-state index >= 15 is 0 Å². The summed E-state index contributed by atoms with van der Waals surface area (Å²) in [5, 5.41) is 8.03. The van der Waals surface area contributed by atoms with Crippen LogP contribution in [0.3, 0.4) is 0 Å². The number of rotatable bonds is 7. The van der Waals surface area contributed by atoms with Gasteiger partial charge >= 0.3 is 0 Å². The van der Waals surface area contributed by atoms with E-state index in [2.05, 4.69) is 10.2 Å². The van der Waals surface area contributed by atoms with Crippen LogP contribution in [0.1, 0.15) is 25.7 Å². The molecule has 1 atom stereocenters. The number of hydrogen-bond donors (Lipinski definition) is 0. The third-order valence-corrected chi connectivity index (χ3v) is 6.65. The molecule has 0 radical (unpaired) electrons. The molecular weight excluding hydrogens is 386 g/mol. The number of imide groups is 1. The quantitative estimate of drug-likeness (QED) is 0.570. The summed E-state index contributed by atoms with van der Waals surface area (Å²) in [6.45, 7) is 0.443. The Morgan fingerprint density at radius 3 is 2.50 bits per heavy atom. The Labute approximate surface area is 164 Å². The van der Waals surface area contributed by atoms with Gasteiger partial charge in [-0.15, -0.1) is 10.2 Å². The molecule has 2 amide bonds. The number of amides is 2. The lowest BCUT2D eigenvalue weighted by molar-refractivity contribution is -0.147. The van der Waals surface area contributed by atoms with Gasteiger partial charge in [0.15, 0.2) is 5.82 Å². The Morgan fingerprint density at radius 2 is 1.89 bits per heavy atom. The van der Waals surface area contributed by atoms with Crippen LogP contribution < -0.4 is 9.64 Å². The maximum absolute atomic E-state index is 12.6. The van der Waals surface area contributed by atoms with E-state index in [4.69, 9.17) is 4.74 Å². The Balaban J connectivity index is 1.53. The number of sulfonamides is 1. The highest BCUT2D eigenvalue weighted by molar-refractivity contribution is 7.89. The zero-order valence-electron chi connectivity index (χ0n) is 16.1. The number of hydrogen-bond acceptors (Lipinski definition) is 8.